The molecule has 94 valence electrons. The maximum Gasteiger partial charge on any atom is 0.236 e. The van der Waals surface area contributed by atoms with Crippen molar-refractivity contribution in [2.45, 2.75) is 58.4 Å². The van der Waals surface area contributed by atoms with E-state index in [0.717, 1.165) is 13.1 Å². The third-order valence-corrected chi connectivity index (χ3v) is 3.28. The van der Waals surface area contributed by atoms with E-state index in [0.29, 0.717) is 12.6 Å². The van der Waals surface area contributed by atoms with Gasteiger partial charge in [-0.25, -0.2) is 0 Å². The third kappa shape index (κ3) is 4.52. The number of carbonyl (C=O) groups is 1. The topological polar surface area (TPSA) is 32.3 Å². The van der Waals surface area contributed by atoms with Gasteiger partial charge in [-0.2, -0.15) is 0 Å². The molecule has 1 rings (SSSR count). The fourth-order valence-electron chi connectivity index (χ4n) is 2.36. The summed E-state index contributed by atoms with van der Waals surface area (Å²) >= 11 is 0. The first-order chi connectivity index (χ1) is 7.77. The first kappa shape index (κ1) is 13.5. The van der Waals surface area contributed by atoms with Crippen LogP contribution >= 0.6 is 0 Å². The summed E-state index contributed by atoms with van der Waals surface area (Å²) in [6.45, 7) is 6.86. The summed E-state index contributed by atoms with van der Waals surface area (Å²) in [7, 11) is 0. The number of amides is 1. The molecule has 0 bridgehead atoms. The lowest BCUT2D eigenvalue weighted by Crippen LogP contribution is -2.40. The van der Waals surface area contributed by atoms with E-state index in [1.165, 1.54) is 38.5 Å². The molecular formula is C13H26N2O. The fraction of sp³-hybridized carbons (Fsp3) is 0.923. The van der Waals surface area contributed by atoms with Gasteiger partial charge in [0.2, 0.25) is 5.91 Å². The van der Waals surface area contributed by atoms with Crippen LogP contribution in [0.4, 0.5) is 0 Å². The normalized spacial score (nSPS) is 16.1. The Morgan fingerprint density at radius 3 is 2.25 bits per heavy atom. The van der Waals surface area contributed by atoms with Gasteiger partial charge in [-0.3, -0.25) is 4.79 Å². The minimum absolute atomic E-state index is 0.287. The highest BCUT2D eigenvalue weighted by Gasteiger charge is 2.18. The van der Waals surface area contributed by atoms with Crippen LogP contribution in [0.5, 0.6) is 0 Å². The van der Waals surface area contributed by atoms with Crippen molar-refractivity contribution in [3.8, 4) is 0 Å². The van der Waals surface area contributed by atoms with E-state index in [4.69, 9.17) is 0 Å². The molecule has 0 atom stereocenters. The lowest BCUT2D eigenvalue weighted by atomic mass is 10.1. The van der Waals surface area contributed by atoms with E-state index in [9.17, 15) is 4.79 Å². The van der Waals surface area contributed by atoms with Gasteiger partial charge in [0.1, 0.15) is 0 Å². The van der Waals surface area contributed by atoms with Crippen LogP contribution in [0.3, 0.4) is 0 Å². The van der Waals surface area contributed by atoms with E-state index in [1.807, 2.05) is 4.90 Å². The van der Waals surface area contributed by atoms with Crippen molar-refractivity contribution < 1.29 is 4.79 Å². The number of likely N-dealkylation sites (tertiary alicyclic amines) is 1. The minimum atomic E-state index is 0.287. The summed E-state index contributed by atoms with van der Waals surface area (Å²) in [4.78, 5) is 13.8. The van der Waals surface area contributed by atoms with Crippen LogP contribution in [0.25, 0.3) is 0 Å². The lowest BCUT2D eigenvalue weighted by Gasteiger charge is -2.20. The number of hydrogen-bond acceptors (Lipinski definition) is 2. The van der Waals surface area contributed by atoms with Gasteiger partial charge in [-0.05, 0) is 25.7 Å². The van der Waals surface area contributed by atoms with Crippen LogP contribution in [-0.2, 0) is 4.79 Å². The van der Waals surface area contributed by atoms with Crippen LogP contribution < -0.4 is 5.32 Å². The molecule has 3 nitrogen and oxygen atoms in total. The molecular weight excluding hydrogens is 200 g/mol. The molecule has 16 heavy (non-hydrogen) atoms. The highest BCUT2D eigenvalue weighted by atomic mass is 16.2. The van der Waals surface area contributed by atoms with Crippen LogP contribution in [0.2, 0.25) is 0 Å². The molecule has 3 heteroatoms. The fourth-order valence-corrected chi connectivity index (χ4v) is 2.36. The monoisotopic (exact) mass is 226 g/mol. The summed E-state index contributed by atoms with van der Waals surface area (Å²) in [6, 6.07) is 0.529. The predicted octanol–water partition coefficient (Wildman–Crippen LogP) is 2.17. The average Bonchev–Trinajstić information content (AvgIpc) is 2.79. The number of carbonyl (C=O) groups excluding carboxylic acids is 1. The summed E-state index contributed by atoms with van der Waals surface area (Å²) < 4.78 is 0. The van der Waals surface area contributed by atoms with Crippen LogP contribution in [0.1, 0.15) is 52.4 Å². The average molecular weight is 226 g/mol. The van der Waals surface area contributed by atoms with Gasteiger partial charge in [-0.15, -0.1) is 0 Å². The lowest BCUT2D eigenvalue weighted by molar-refractivity contribution is -0.129. The zero-order chi connectivity index (χ0) is 11.8. The van der Waals surface area contributed by atoms with Crippen molar-refractivity contribution >= 4 is 5.91 Å². The highest BCUT2D eigenvalue weighted by Crippen LogP contribution is 2.08. The molecule has 1 aliphatic heterocycles. The van der Waals surface area contributed by atoms with Gasteiger partial charge in [0.25, 0.3) is 0 Å². The van der Waals surface area contributed by atoms with Gasteiger partial charge in [0, 0.05) is 19.1 Å². The SMILES string of the molecule is CCCC(CCC)NCC(=O)N1CCCC1. The van der Waals surface area contributed by atoms with Crippen LogP contribution in [-0.4, -0.2) is 36.5 Å². The summed E-state index contributed by atoms with van der Waals surface area (Å²) in [5.74, 6) is 0.287. The number of nitrogens with zero attached hydrogens (tertiary/aromatic N) is 1. The van der Waals surface area contributed by atoms with Gasteiger partial charge in [-0.1, -0.05) is 26.7 Å². The first-order valence-electron chi connectivity index (χ1n) is 6.79. The van der Waals surface area contributed by atoms with E-state index in [-0.39, 0.29) is 5.91 Å². The quantitative estimate of drug-likeness (QED) is 0.721. The Kier molecular flexibility index (Phi) is 6.46. The summed E-state index contributed by atoms with van der Waals surface area (Å²) in [5, 5.41) is 3.41. The Bertz CT molecular complexity index is 194. The molecule has 0 radical (unpaired) electrons. The van der Waals surface area contributed by atoms with Crippen LogP contribution in [0, 0.1) is 0 Å². The third-order valence-electron chi connectivity index (χ3n) is 3.28. The number of hydrogen-bond donors (Lipinski definition) is 1. The smallest absolute Gasteiger partial charge is 0.236 e. The Morgan fingerprint density at radius 2 is 1.75 bits per heavy atom. The zero-order valence-electron chi connectivity index (χ0n) is 10.8. The van der Waals surface area contributed by atoms with Crippen molar-refractivity contribution in [2.24, 2.45) is 0 Å². The summed E-state index contributed by atoms with van der Waals surface area (Å²) in [6.07, 6.45) is 7.10. The van der Waals surface area contributed by atoms with Crippen molar-refractivity contribution in [1.82, 2.24) is 10.2 Å². The standard InChI is InChI=1S/C13H26N2O/c1-3-7-12(8-4-2)14-11-13(16)15-9-5-6-10-15/h12,14H,3-11H2,1-2H3. The zero-order valence-corrected chi connectivity index (χ0v) is 10.8. The molecule has 1 N–H and O–H groups in total. The Balaban J connectivity index is 2.21. The van der Waals surface area contributed by atoms with Crippen LogP contribution in [0.15, 0.2) is 0 Å². The number of rotatable bonds is 7. The molecule has 0 unspecified atom stereocenters. The van der Waals surface area contributed by atoms with Gasteiger partial charge in [0.15, 0.2) is 0 Å². The van der Waals surface area contributed by atoms with Crippen molar-refractivity contribution in [1.29, 1.82) is 0 Å². The first-order valence-corrected chi connectivity index (χ1v) is 6.79. The molecule has 0 saturated carbocycles. The largest absolute Gasteiger partial charge is 0.342 e. The minimum Gasteiger partial charge on any atom is -0.342 e. The molecule has 0 aromatic rings. The van der Waals surface area contributed by atoms with E-state index in [1.54, 1.807) is 0 Å². The molecule has 1 fully saturated rings. The molecule has 1 aliphatic rings. The Labute approximate surface area is 99.6 Å². The molecule has 0 aromatic carbocycles. The van der Waals surface area contributed by atoms with Gasteiger partial charge < -0.3 is 10.2 Å². The second-order valence-electron chi connectivity index (χ2n) is 4.74. The Hall–Kier alpha value is -0.570. The molecule has 1 saturated heterocycles. The number of nitrogens with one attached hydrogen (secondary N) is 1. The highest BCUT2D eigenvalue weighted by molar-refractivity contribution is 5.78. The van der Waals surface area contributed by atoms with E-state index < -0.39 is 0 Å². The Morgan fingerprint density at radius 1 is 1.19 bits per heavy atom. The van der Waals surface area contributed by atoms with Crippen molar-refractivity contribution in [3.63, 3.8) is 0 Å². The maximum absolute atomic E-state index is 11.8. The van der Waals surface area contributed by atoms with Crippen molar-refractivity contribution in [3.05, 3.63) is 0 Å². The summed E-state index contributed by atoms with van der Waals surface area (Å²) in [5.41, 5.74) is 0. The van der Waals surface area contributed by atoms with Crippen molar-refractivity contribution in [2.75, 3.05) is 19.6 Å². The van der Waals surface area contributed by atoms with Gasteiger partial charge in [0.05, 0.1) is 6.54 Å². The molecule has 0 aliphatic carbocycles. The maximum atomic E-state index is 11.8. The second kappa shape index (κ2) is 7.66. The molecule has 1 amide bonds. The van der Waals surface area contributed by atoms with E-state index >= 15 is 0 Å². The van der Waals surface area contributed by atoms with E-state index in [2.05, 4.69) is 19.2 Å². The second-order valence-corrected chi connectivity index (χ2v) is 4.74. The van der Waals surface area contributed by atoms with Gasteiger partial charge >= 0.3 is 0 Å². The molecule has 0 aromatic heterocycles. The predicted molar refractivity (Wildman–Crippen MR) is 67.4 cm³/mol. The molecule has 0 spiro atoms. The molecule has 1 heterocycles.